The molecule has 0 bridgehead atoms. The molecule has 0 unspecified atom stereocenters. The number of likely N-dealkylation sites (tertiary alicyclic amines) is 1. The third-order valence-corrected chi connectivity index (χ3v) is 6.04. The summed E-state index contributed by atoms with van der Waals surface area (Å²) < 4.78 is 40.6. The summed E-state index contributed by atoms with van der Waals surface area (Å²) >= 11 is 0. The fourth-order valence-electron chi connectivity index (χ4n) is 4.46. The summed E-state index contributed by atoms with van der Waals surface area (Å²) in [6.07, 6.45) is -1.09. The van der Waals surface area contributed by atoms with Gasteiger partial charge in [0.1, 0.15) is 0 Å². The smallest absolute Gasteiger partial charge is 0.302 e. The maximum atomic E-state index is 13.0. The number of hydrogen-bond donors (Lipinski definition) is 1. The zero-order chi connectivity index (χ0) is 20.1. The highest BCUT2D eigenvalue weighted by Gasteiger charge is 2.60. The quantitative estimate of drug-likeness (QED) is 0.849. The maximum Gasteiger partial charge on any atom is 0.416 e. The van der Waals surface area contributed by atoms with E-state index in [-0.39, 0.29) is 11.0 Å². The Hall–Kier alpha value is -2.35. The molecular formula is C20H22F3N3O2. The molecule has 8 heteroatoms. The van der Waals surface area contributed by atoms with E-state index in [1.807, 2.05) is 0 Å². The van der Waals surface area contributed by atoms with Gasteiger partial charge in [0.05, 0.1) is 5.56 Å². The third kappa shape index (κ3) is 3.41. The minimum Gasteiger partial charge on any atom is -0.302 e. The van der Waals surface area contributed by atoms with Crippen LogP contribution in [0.2, 0.25) is 0 Å². The molecule has 150 valence electrons. The number of benzene rings is 1. The molecule has 0 spiro atoms. The number of aromatic nitrogens is 2. The highest BCUT2D eigenvalue weighted by Crippen LogP contribution is 2.59. The van der Waals surface area contributed by atoms with Crippen molar-refractivity contribution < 1.29 is 13.2 Å². The van der Waals surface area contributed by atoms with Crippen LogP contribution in [-0.4, -0.2) is 34.1 Å². The molecule has 2 aliphatic rings. The minimum atomic E-state index is -4.32. The fraction of sp³-hybridized carbons (Fsp3) is 0.500. The van der Waals surface area contributed by atoms with Crippen molar-refractivity contribution in [1.82, 2.24) is 14.5 Å². The van der Waals surface area contributed by atoms with Gasteiger partial charge in [0.15, 0.2) is 0 Å². The van der Waals surface area contributed by atoms with Crippen LogP contribution in [0.15, 0.2) is 40.1 Å². The number of piperidine rings is 1. The van der Waals surface area contributed by atoms with Crippen molar-refractivity contribution in [2.24, 2.45) is 5.92 Å². The van der Waals surface area contributed by atoms with Gasteiger partial charge in [0.2, 0.25) is 0 Å². The Morgan fingerprint density at radius 2 is 2.04 bits per heavy atom. The standard InChI is InChI=1S/C20H22F3N3O2/c1-13-10-26(18(28)24-17(13)27)7-3-6-25-11-16-9-19(16,12-25)14-4-2-5-15(8-14)20(21,22)23/h2,4-5,8,10,16H,3,6-7,9,11-12H2,1H3,(H,24,27,28)/t16-,19+/m1/s1. The Bertz CT molecular complexity index is 1010. The van der Waals surface area contributed by atoms with Crippen molar-refractivity contribution in [1.29, 1.82) is 0 Å². The molecular weight excluding hydrogens is 371 g/mol. The summed E-state index contributed by atoms with van der Waals surface area (Å²) in [5.41, 5.74) is -0.263. The molecule has 2 fully saturated rings. The van der Waals surface area contributed by atoms with E-state index in [1.165, 1.54) is 16.7 Å². The second kappa shape index (κ2) is 6.62. The molecule has 1 aliphatic heterocycles. The number of rotatable bonds is 5. The largest absolute Gasteiger partial charge is 0.416 e. The van der Waals surface area contributed by atoms with Gasteiger partial charge in [0, 0.05) is 36.8 Å². The van der Waals surface area contributed by atoms with Gasteiger partial charge >= 0.3 is 11.9 Å². The van der Waals surface area contributed by atoms with Crippen molar-refractivity contribution in [3.05, 3.63) is 68.0 Å². The molecule has 28 heavy (non-hydrogen) atoms. The van der Waals surface area contributed by atoms with E-state index in [2.05, 4.69) is 9.88 Å². The number of fused-ring (bicyclic) bond motifs is 1. The van der Waals surface area contributed by atoms with Crippen LogP contribution in [0.3, 0.4) is 0 Å². The average molecular weight is 393 g/mol. The normalized spacial score (nSPS) is 24.4. The molecule has 0 amide bonds. The van der Waals surface area contributed by atoms with E-state index >= 15 is 0 Å². The van der Waals surface area contributed by atoms with Gasteiger partial charge in [-0.15, -0.1) is 0 Å². The number of alkyl halides is 3. The van der Waals surface area contributed by atoms with E-state index in [0.29, 0.717) is 18.0 Å². The Morgan fingerprint density at radius 1 is 1.25 bits per heavy atom. The lowest BCUT2D eigenvalue weighted by Gasteiger charge is -2.21. The molecule has 1 aromatic carbocycles. The summed E-state index contributed by atoms with van der Waals surface area (Å²) in [5.74, 6) is 0.397. The second-order valence-corrected chi connectivity index (χ2v) is 7.99. The number of nitrogens with zero attached hydrogens (tertiary/aromatic N) is 2. The van der Waals surface area contributed by atoms with Crippen LogP contribution in [0, 0.1) is 12.8 Å². The van der Waals surface area contributed by atoms with E-state index in [4.69, 9.17) is 0 Å². The first-order valence-electron chi connectivity index (χ1n) is 9.39. The molecule has 1 aliphatic carbocycles. The van der Waals surface area contributed by atoms with Crippen molar-refractivity contribution >= 4 is 0 Å². The van der Waals surface area contributed by atoms with Gasteiger partial charge in [-0.2, -0.15) is 13.2 Å². The first kappa shape index (κ1) is 19.0. The number of halogens is 3. The molecule has 4 rings (SSSR count). The van der Waals surface area contributed by atoms with E-state index in [1.54, 1.807) is 19.2 Å². The summed E-state index contributed by atoms with van der Waals surface area (Å²) in [5, 5.41) is 0. The number of aryl methyl sites for hydroxylation is 2. The number of nitrogens with one attached hydrogen (secondary N) is 1. The molecule has 5 nitrogen and oxygen atoms in total. The first-order valence-corrected chi connectivity index (χ1v) is 9.39. The summed E-state index contributed by atoms with van der Waals surface area (Å²) in [4.78, 5) is 27.8. The first-order chi connectivity index (χ1) is 13.2. The molecule has 1 N–H and O–H groups in total. The molecule has 1 aromatic heterocycles. The summed E-state index contributed by atoms with van der Waals surface area (Å²) in [6.45, 7) is 4.53. The van der Waals surface area contributed by atoms with Gasteiger partial charge in [0.25, 0.3) is 5.56 Å². The van der Waals surface area contributed by atoms with Crippen LogP contribution in [0.5, 0.6) is 0 Å². The fourth-order valence-corrected chi connectivity index (χ4v) is 4.46. The van der Waals surface area contributed by atoms with Crippen LogP contribution in [0.25, 0.3) is 0 Å². The minimum absolute atomic E-state index is 0.160. The van der Waals surface area contributed by atoms with Crippen molar-refractivity contribution in [2.45, 2.75) is 37.9 Å². The van der Waals surface area contributed by atoms with Gasteiger partial charge in [-0.25, -0.2) is 4.79 Å². The molecule has 2 heterocycles. The summed E-state index contributed by atoms with van der Waals surface area (Å²) in [6, 6.07) is 5.72. The van der Waals surface area contributed by atoms with Crippen molar-refractivity contribution in [3.63, 3.8) is 0 Å². The number of hydrogen-bond acceptors (Lipinski definition) is 3. The van der Waals surface area contributed by atoms with Crippen LogP contribution in [0.1, 0.15) is 29.5 Å². The number of aromatic amines is 1. The number of H-pyrrole nitrogens is 1. The molecule has 0 radical (unpaired) electrons. The van der Waals surface area contributed by atoms with Crippen molar-refractivity contribution in [2.75, 3.05) is 19.6 Å². The van der Waals surface area contributed by atoms with Crippen LogP contribution >= 0.6 is 0 Å². The SMILES string of the molecule is Cc1cn(CCCN2C[C@H]3C[C@@]3(c3cccc(C(F)(F)F)c3)C2)c(=O)[nH]c1=O. The zero-order valence-electron chi connectivity index (χ0n) is 15.6. The Kier molecular flexibility index (Phi) is 4.49. The average Bonchev–Trinajstić information content (AvgIpc) is 3.21. The second-order valence-electron chi connectivity index (χ2n) is 7.99. The lowest BCUT2D eigenvalue weighted by molar-refractivity contribution is -0.137. The highest BCUT2D eigenvalue weighted by molar-refractivity contribution is 5.40. The molecule has 2 atom stereocenters. The van der Waals surface area contributed by atoms with Gasteiger partial charge in [-0.05, 0) is 43.9 Å². The van der Waals surface area contributed by atoms with Crippen LogP contribution < -0.4 is 11.2 Å². The molecule has 1 saturated heterocycles. The Morgan fingerprint density at radius 3 is 2.79 bits per heavy atom. The Labute approximate surface area is 159 Å². The zero-order valence-corrected chi connectivity index (χ0v) is 15.6. The third-order valence-electron chi connectivity index (χ3n) is 6.04. The lowest BCUT2D eigenvalue weighted by Crippen LogP contribution is -2.32. The van der Waals surface area contributed by atoms with Gasteiger partial charge < -0.3 is 9.47 Å². The predicted molar refractivity (Wildman–Crippen MR) is 98.3 cm³/mol. The van der Waals surface area contributed by atoms with Gasteiger partial charge in [-0.1, -0.05) is 18.2 Å². The van der Waals surface area contributed by atoms with E-state index in [0.717, 1.165) is 44.1 Å². The predicted octanol–water partition coefficient (Wildman–Crippen LogP) is 2.53. The Balaban J connectivity index is 1.39. The van der Waals surface area contributed by atoms with Crippen LogP contribution in [-0.2, 0) is 18.1 Å². The maximum absolute atomic E-state index is 13.0. The highest BCUT2D eigenvalue weighted by atomic mass is 19.4. The summed E-state index contributed by atoms with van der Waals surface area (Å²) in [7, 11) is 0. The van der Waals surface area contributed by atoms with Crippen LogP contribution in [0.4, 0.5) is 13.2 Å². The lowest BCUT2D eigenvalue weighted by atomic mass is 9.93. The van der Waals surface area contributed by atoms with Gasteiger partial charge in [-0.3, -0.25) is 9.78 Å². The molecule has 1 saturated carbocycles. The topological polar surface area (TPSA) is 58.1 Å². The van der Waals surface area contributed by atoms with Crippen molar-refractivity contribution in [3.8, 4) is 0 Å². The van der Waals surface area contributed by atoms with E-state index < -0.39 is 17.4 Å². The molecule has 2 aromatic rings. The van der Waals surface area contributed by atoms with E-state index in [9.17, 15) is 22.8 Å². The monoisotopic (exact) mass is 393 g/mol.